The van der Waals surface area contributed by atoms with Gasteiger partial charge in [-0.2, -0.15) is 13.2 Å². The van der Waals surface area contributed by atoms with E-state index in [4.69, 9.17) is 4.74 Å². The topological polar surface area (TPSA) is 47.0 Å². The second kappa shape index (κ2) is 4.63. The zero-order valence-electron chi connectivity index (χ0n) is 10.2. The molecule has 3 aliphatic rings. The maximum absolute atomic E-state index is 12.3. The maximum Gasteiger partial charge on any atom is 0.434 e. The quantitative estimate of drug-likeness (QED) is 0.895. The molecule has 1 N–H and O–H groups in total. The molecule has 2 aliphatic heterocycles. The molecule has 1 aromatic rings. The summed E-state index contributed by atoms with van der Waals surface area (Å²) in [5.74, 6) is 0.754. The molecule has 0 unspecified atom stereocenters. The van der Waals surface area contributed by atoms with Crippen LogP contribution in [0.5, 0.6) is 5.88 Å². The van der Waals surface area contributed by atoms with Crippen molar-refractivity contribution >= 4 is 0 Å². The average molecular weight is 273 g/mol. The number of nitrogens with one attached hydrogen (secondary N) is 1. The summed E-state index contributed by atoms with van der Waals surface area (Å²) < 4.78 is 42.7. The number of halogens is 3. The fraction of sp³-hybridized carbons (Fsp3) is 0.667. The Balaban J connectivity index is 1.67. The van der Waals surface area contributed by atoms with Crippen LogP contribution in [0.2, 0.25) is 0 Å². The number of fused-ring (bicyclic) bond motifs is 3. The largest absolute Gasteiger partial charge is 0.472 e. The number of aromatic nitrogens is 2. The number of piperidine rings is 2. The first kappa shape index (κ1) is 12.7. The minimum Gasteiger partial charge on any atom is -0.472 e. The van der Waals surface area contributed by atoms with E-state index < -0.39 is 11.9 Å². The summed E-state index contributed by atoms with van der Waals surface area (Å²) in [5, 5.41) is 3.37. The van der Waals surface area contributed by atoms with E-state index in [2.05, 4.69) is 15.3 Å². The van der Waals surface area contributed by atoms with E-state index >= 15 is 0 Å². The standard InChI is InChI=1S/C12H14F3N3O/c13-12(14,15)10-5-18-11(6-17-10)19-9-3-7-1-2-8(9)16-4-7/h5-9,16H,1-4H2/t7-,8+,9-/m1/s1. The fourth-order valence-corrected chi connectivity index (χ4v) is 2.76. The normalized spacial score (nSPS) is 30.4. The molecule has 2 bridgehead atoms. The van der Waals surface area contributed by atoms with Crippen molar-refractivity contribution in [3.05, 3.63) is 18.1 Å². The van der Waals surface area contributed by atoms with Gasteiger partial charge in [-0.1, -0.05) is 0 Å². The number of hydrogen-bond donors (Lipinski definition) is 1. The van der Waals surface area contributed by atoms with Crippen molar-refractivity contribution in [1.29, 1.82) is 0 Å². The van der Waals surface area contributed by atoms with E-state index in [-0.39, 0.29) is 18.0 Å². The lowest BCUT2D eigenvalue weighted by Crippen LogP contribution is -2.55. The first-order chi connectivity index (χ1) is 9.02. The molecule has 1 aromatic heterocycles. The highest BCUT2D eigenvalue weighted by Gasteiger charge is 2.37. The van der Waals surface area contributed by atoms with Gasteiger partial charge in [0.15, 0.2) is 5.69 Å². The molecule has 7 heteroatoms. The SMILES string of the molecule is FC(F)(F)c1cnc(O[C@@H]2C[C@H]3CC[C@@H]2NC3)cn1. The van der Waals surface area contributed by atoms with Crippen molar-refractivity contribution in [3.8, 4) is 5.88 Å². The molecule has 4 rings (SSSR count). The van der Waals surface area contributed by atoms with Crippen LogP contribution in [0, 0.1) is 5.92 Å². The Hall–Kier alpha value is -1.37. The molecule has 3 heterocycles. The lowest BCUT2D eigenvalue weighted by Gasteiger charge is -2.42. The van der Waals surface area contributed by atoms with Crippen LogP contribution < -0.4 is 10.1 Å². The molecule has 1 aliphatic carbocycles. The summed E-state index contributed by atoms with van der Waals surface area (Å²) in [6.45, 7) is 1.00. The van der Waals surface area contributed by atoms with Crippen molar-refractivity contribution < 1.29 is 17.9 Å². The number of alkyl halides is 3. The van der Waals surface area contributed by atoms with E-state index in [1.807, 2.05) is 0 Å². The first-order valence-corrected chi connectivity index (χ1v) is 6.31. The summed E-state index contributed by atoms with van der Waals surface area (Å²) in [4.78, 5) is 7.03. The lowest BCUT2D eigenvalue weighted by atomic mass is 9.79. The Bertz CT molecular complexity index is 441. The Labute approximate surface area is 108 Å². The molecule has 0 spiro atoms. The van der Waals surface area contributed by atoms with Gasteiger partial charge in [0.25, 0.3) is 0 Å². The van der Waals surface area contributed by atoms with Crippen molar-refractivity contribution in [3.63, 3.8) is 0 Å². The maximum atomic E-state index is 12.3. The molecule has 3 fully saturated rings. The van der Waals surface area contributed by atoms with Crippen LogP contribution in [0.15, 0.2) is 12.4 Å². The summed E-state index contributed by atoms with van der Waals surface area (Å²) in [7, 11) is 0. The Morgan fingerprint density at radius 1 is 1.21 bits per heavy atom. The third kappa shape index (κ3) is 2.65. The van der Waals surface area contributed by atoms with Gasteiger partial charge in [0.1, 0.15) is 6.10 Å². The number of rotatable bonds is 2. The van der Waals surface area contributed by atoms with Gasteiger partial charge in [0.05, 0.1) is 12.4 Å². The van der Waals surface area contributed by atoms with Crippen LogP contribution in [-0.2, 0) is 6.18 Å². The van der Waals surface area contributed by atoms with Crippen molar-refractivity contribution in [2.45, 2.75) is 37.6 Å². The zero-order valence-corrected chi connectivity index (χ0v) is 10.2. The summed E-state index contributed by atoms with van der Waals surface area (Å²) in [5.41, 5.74) is -0.997. The van der Waals surface area contributed by atoms with Gasteiger partial charge in [-0.15, -0.1) is 0 Å². The van der Waals surface area contributed by atoms with Crippen LogP contribution in [0.25, 0.3) is 0 Å². The zero-order chi connectivity index (χ0) is 13.5. The van der Waals surface area contributed by atoms with E-state index in [9.17, 15) is 13.2 Å². The molecule has 0 amide bonds. The third-order valence-corrected chi connectivity index (χ3v) is 3.76. The molecule has 0 radical (unpaired) electrons. The second-order valence-corrected chi connectivity index (χ2v) is 5.09. The monoisotopic (exact) mass is 273 g/mol. The van der Waals surface area contributed by atoms with Gasteiger partial charge in [0.2, 0.25) is 5.88 Å². The number of hydrogen-bond acceptors (Lipinski definition) is 4. The Morgan fingerprint density at radius 2 is 2.05 bits per heavy atom. The average Bonchev–Trinajstić information content (AvgIpc) is 2.40. The summed E-state index contributed by atoms with van der Waals surface area (Å²) >= 11 is 0. The molecule has 2 saturated heterocycles. The minimum atomic E-state index is -4.46. The Morgan fingerprint density at radius 3 is 2.53 bits per heavy atom. The van der Waals surface area contributed by atoms with Crippen molar-refractivity contribution in [2.24, 2.45) is 5.92 Å². The molecular weight excluding hydrogens is 259 g/mol. The highest BCUT2D eigenvalue weighted by molar-refractivity contribution is 5.10. The minimum absolute atomic E-state index is 0.0152. The van der Waals surface area contributed by atoms with Gasteiger partial charge < -0.3 is 10.1 Å². The molecule has 19 heavy (non-hydrogen) atoms. The Kier molecular flexibility index (Phi) is 3.08. The molecule has 4 nitrogen and oxygen atoms in total. The predicted octanol–water partition coefficient (Wildman–Crippen LogP) is 2.01. The first-order valence-electron chi connectivity index (χ1n) is 6.31. The van der Waals surface area contributed by atoms with E-state index in [1.165, 1.54) is 6.42 Å². The van der Waals surface area contributed by atoms with E-state index in [1.54, 1.807) is 0 Å². The fourth-order valence-electron chi connectivity index (χ4n) is 2.76. The highest BCUT2D eigenvalue weighted by Crippen LogP contribution is 2.32. The van der Waals surface area contributed by atoms with Crippen molar-refractivity contribution in [2.75, 3.05) is 6.54 Å². The molecule has 1 saturated carbocycles. The van der Waals surface area contributed by atoms with Gasteiger partial charge >= 0.3 is 6.18 Å². The van der Waals surface area contributed by atoms with Crippen LogP contribution in [0.1, 0.15) is 25.0 Å². The van der Waals surface area contributed by atoms with E-state index in [0.717, 1.165) is 25.6 Å². The van der Waals surface area contributed by atoms with Gasteiger partial charge in [-0.25, -0.2) is 9.97 Å². The third-order valence-electron chi connectivity index (χ3n) is 3.76. The van der Waals surface area contributed by atoms with Crippen molar-refractivity contribution in [1.82, 2.24) is 15.3 Å². The van der Waals surface area contributed by atoms with Crippen LogP contribution in [0.4, 0.5) is 13.2 Å². The van der Waals surface area contributed by atoms with Gasteiger partial charge in [0, 0.05) is 6.04 Å². The highest BCUT2D eigenvalue weighted by atomic mass is 19.4. The molecule has 0 aromatic carbocycles. The van der Waals surface area contributed by atoms with E-state index in [0.29, 0.717) is 12.1 Å². The number of nitrogens with zero attached hydrogens (tertiary/aromatic N) is 2. The van der Waals surface area contributed by atoms with Gasteiger partial charge in [-0.3, -0.25) is 0 Å². The molecular formula is C12H14F3N3O. The van der Waals surface area contributed by atoms with Crippen LogP contribution in [-0.4, -0.2) is 28.7 Å². The van der Waals surface area contributed by atoms with Crippen LogP contribution in [0.3, 0.4) is 0 Å². The second-order valence-electron chi connectivity index (χ2n) is 5.09. The number of ether oxygens (including phenoxy) is 1. The van der Waals surface area contributed by atoms with Crippen LogP contribution >= 0.6 is 0 Å². The molecule has 3 atom stereocenters. The smallest absolute Gasteiger partial charge is 0.434 e. The van der Waals surface area contributed by atoms with Gasteiger partial charge in [-0.05, 0) is 31.7 Å². The molecule has 104 valence electrons. The predicted molar refractivity (Wildman–Crippen MR) is 60.6 cm³/mol. The lowest BCUT2D eigenvalue weighted by molar-refractivity contribution is -0.141. The summed E-state index contributed by atoms with van der Waals surface area (Å²) in [6.07, 6.45) is 0.449. The summed E-state index contributed by atoms with van der Waals surface area (Å²) in [6, 6.07) is 0.272.